The van der Waals surface area contributed by atoms with Crippen molar-refractivity contribution in [1.29, 1.82) is 0 Å². The molecule has 0 unspecified atom stereocenters. The highest BCUT2D eigenvalue weighted by atomic mass is 19.1. The molecule has 178 valence electrons. The van der Waals surface area contributed by atoms with E-state index < -0.39 is 29.1 Å². The Hall–Kier alpha value is -4.16. The van der Waals surface area contributed by atoms with Gasteiger partial charge in [0.15, 0.2) is 11.5 Å². The maximum atomic E-state index is 13.9. The van der Waals surface area contributed by atoms with Gasteiger partial charge >= 0.3 is 5.97 Å². The number of carbonyl (C=O) groups is 2. The van der Waals surface area contributed by atoms with Crippen molar-refractivity contribution >= 4 is 11.9 Å². The average Bonchev–Trinajstić information content (AvgIpc) is 3.09. The van der Waals surface area contributed by atoms with Crippen LogP contribution in [0, 0.1) is 23.5 Å². The van der Waals surface area contributed by atoms with E-state index in [-0.39, 0.29) is 41.2 Å². The van der Waals surface area contributed by atoms with E-state index in [0.717, 1.165) is 18.2 Å². The molecule has 0 bridgehead atoms. The summed E-state index contributed by atoms with van der Waals surface area (Å²) in [5, 5.41) is 20.3. The smallest absolute Gasteiger partial charge is 0.354 e. The van der Waals surface area contributed by atoms with Gasteiger partial charge in [-0.05, 0) is 30.7 Å². The highest BCUT2D eigenvalue weighted by molar-refractivity contribution is 5.91. The van der Waals surface area contributed by atoms with Gasteiger partial charge in [0.2, 0.25) is 5.60 Å². The molecule has 3 aromatic rings. The van der Waals surface area contributed by atoms with Crippen LogP contribution in [0.3, 0.4) is 0 Å². The molecule has 1 aliphatic rings. The summed E-state index contributed by atoms with van der Waals surface area (Å²) in [7, 11) is 1.59. The molecule has 2 heterocycles. The number of hydrogen-bond acceptors (Lipinski definition) is 5. The fourth-order valence-electron chi connectivity index (χ4n) is 3.94. The van der Waals surface area contributed by atoms with Crippen molar-refractivity contribution in [2.75, 3.05) is 13.6 Å². The maximum Gasteiger partial charge on any atom is 0.354 e. The normalized spacial score (nSPS) is 17.3. The molecular weight excluding hydrogens is 456 g/mol. The molecular formula is C26H21F2N3O4. The van der Waals surface area contributed by atoms with E-state index in [1.807, 2.05) is 0 Å². The number of carboxylic acid groups (broad SMARTS) is 1. The molecule has 0 saturated carbocycles. The van der Waals surface area contributed by atoms with Crippen molar-refractivity contribution in [2.45, 2.75) is 25.4 Å². The lowest BCUT2D eigenvalue weighted by atomic mass is 10.0. The van der Waals surface area contributed by atoms with Gasteiger partial charge in [-0.25, -0.2) is 23.5 Å². The molecule has 4 rings (SSSR count). The van der Waals surface area contributed by atoms with Crippen LogP contribution in [0.5, 0.6) is 0 Å². The van der Waals surface area contributed by atoms with E-state index in [4.69, 9.17) is 0 Å². The molecule has 1 fully saturated rings. The lowest BCUT2D eigenvalue weighted by Gasteiger charge is -2.14. The highest BCUT2D eigenvalue weighted by Gasteiger charge is 2.42. The summed E-state index contributed by atoms with van der Waals surface area (Å²) in [6.45, 7) is 2.09. The Morgan fingerprint density at radius 1 is 1.14 bits per heavy atom. The third-order valence-corrected chi connectivity index (χ3v) is 5.74. The van der Waals surface area contributed by atoms with E-state index in [1.54, 1.807) is 38.2 Å². The predicted molar refractivity (Wildman–Crippen MR) is 123 cm³/mol. The van der Waals surface area contributed by atoms with Crippen molar-refractivity contribution in [3.05, 3.63) is 70.9 Å². The number of likely N-dealkylation sites (N-methyl/N-ethyl adjacent to an activating group) is 1. The summed E-state index contributed by atoms with van der Waals surface area (Å²) < 4.78 is 27.8. The standard InChI is InChI=1S/C26H21F2N3O4/c1-3-20-21(17-12-18(27)14-19(28)13-17)29-23(30-22(20)24(32)33)16-6-4-5-15(11-16)7-8-26(35)9-10-31(2)25(26)34/h4-6,11-14,35H,3,9-10H2,1-2H3,(H,32,33)/t26-/m0/s1. The molecule has 1 saturated heterocycles. The first-order valence-electron chi connectivity index (χ1n) is 10.8. The van der Waals surface area contributed by atoms with Gasteiger partial charge < -0.3 is 15.1 Å². The summed E-state index contributed by atoms with van der Waals surface area (Å²) in [4.78, 5) is 34.2. The zero-order valence-electron chi connectivity index (χ0n) is 19.0. The van der Waals surface area contributed by atoms with E-state index in [9.17, 15) is 28.6 Å². The SMILES string of the molecule is CCc1c(C(=O)O)nc(-c2cccc(C#C[C@]3(O)CCN(C)C3=O)c2)nc1-c1cc(F)cc(F)c1. The minimum atomic E-state index is -1.77. The van der Waals surface area contributed by atoms with Crippen LogP contribution in [0.2, 0.25) is 0 Å². The van der Waals surface area contributed by atoms with Crippen LogP contribution in [0.4, 0.5) is 8.78 Å². The van der Waals surface area contributed by atoms with Crippen molar-refractivity contribution in [1.82, 2.24) is 14.9 Å². The van der Waals surface area contributed by atoms with Crippen LogP contribution in [0.15, 0.2) is 42.5 Å². The molecule has 35 heavy (non-hydrogen) atoms. The second-order valence-electron chi connectivity index (χ2n) is 8.21. The van der Waals surface area contributed by atoms with E-state index in [0.29, 0.717) is 17.7 Å². The Balaban J connectivity index is 1.83. The van der Waals surface area contributed by atoms with Gasteiger partial charge in [-0.2, -0.15) is 0 Å². The second kappa shape index (κ2) is 9.24. The van der Waals surface area contributed by atoms with Gasteiger partial charge in [0, 0.05) is 48.3 Å². The third-order valence-electron chi connectivity index (χ3n) is 5.74. The Bertz CT molecular complexity index is 1390. The molecule has 7 nitrogen and oxygen atoms in total. The first kappa shape index (κ1) is 24.0. The number of nitrogens with zero attached hydrogens (tertiary/aromatic N) is 3. The first-order valence-corrected chi connectivity index (χ1v) is 10.8. The topological polar surface area (TPSA) is 104 Å². The first-order chi connectivity index (χ1) is 16.6. The molecule has 0 radical (unpaired) electrons. The molecule has 9 heteroatoms. The maximum absolute atomic E-state index is 13.9. The van der Waals surface area contributed by atoms with Gasteiger partial charge in [0.05, 0.1) is 5.69 Å². The molecule has 1 aliphatic heterocycles. The van der Waals surface area contributed by atoms with Crippen LogP contribution in [-0.2, 0) is 11.2 Å². The van der Waals surface area contributed by atoms with Gasteiger partial charge in [0.25, 0.3) is 5.91 Å². The zero-order chi connectivity index (χ0) is 25.3. The van der Waals surface area contributed by atoms with Crippen LogP contribution < -0.4 is 0 Å². The highest BCUT2D eigenvalue weighted by Crippen LogP contribution is 2.29. The summed E-state index contributed by atoms with van der Waals surface area (Å²) >= 11 is 0. The van der Waals surface area contributed by atoms with Gasteiger partial charge in [-0.3, -0.25) is 4.79 Å². The van der Waals surface area contributed by atoms with Crippen molar-refractivity contribution < 1.29 is 28.6 Å². The number of amides is 1. The number of benzene rings is 2. The third kappa shape index (κ3) is 4.74. The molecule has 1 aromatic heterocycles. The summed E-state index contributed by atoms with van der Waals surface area (Å²) in [5.74, 6) is 2.03. The van der Waals surface area contributed by atoms with Gasteiger partial charge in [-0.1, -0.05) is 30.9 Å². The van der Waals surface area contributed by atoms with Crippen molar-refractivity contribution in [3.8, 4) is 34.5 Å². The van der Waals surface area contributed by atoms with Crippen molar-refractivity contribution in [3.63, 3.8) is 0 Å². The van der Waals surface area contributed by atoms with Gasteiger partial charge in [-0.15, -0.1) is 0 Å². The number of halogens is 2. The monoisotopic (exact) mass is 477 g/mol. The van der Waals surface area contributed by atoms with E-state index >= 15 is 0 Å². The molecule has 2 N–H and O–H groups in total. The average molecular weight is 477 g/mol. The number of rotatable bonds is 4. The molecule has 0 aliphatic carbocycles. The Morgan fingerprint density at radius 3 is 2.46 bits per heavy atom. The number of carbonyl (C=O) groups excluding carboxylic acids is 1. The Morgan fingerprint density at radius 2 is 1.86 bits per heavy atom. The largest absolute Gasteiger partial charge is 0.476 e. The van der Waals surface area contributed by atoms with Crippen LogP contribution >= 0.6 is 0 Å². The number of aromatic nitrogens is 2. The number of aliphatic hydroxyl groups is 1. The minimum absolute atomic E-state index is 0.0262. The number of carboxylic acids is 1. The van der Waals surface area contributed by atoms with E-state index in [2.05, 4.69) is 21.8 Å². The summed E-state index contributed by atoms with van der Waals surface area (Å²) in [6.07, 6.45) is 0.411. The Labute approximate surface area is 200 Å². The van der Waals surface area contributed by atoms with Gasteiger partial charge in [0.1, 0.15) is 11.6 Å². The molecule has 2 aromatic carbocycles. The Kier molecular flexibility index (Phi) is 6.33. The quantitative estimate of drug-likeness (QED) is 0.559. The fraction of sp³-hybridized carbons (Fsp3) is 0.231. The van der Waals surface area contributed by atoms with E-state index in [1.165, 1.54) is 4.90 Å². The zero-order valence-corrected chi connectivity index (χ0v) is 19.0. The second-order valence-corrected chi connectivity index (χ2v) is 8.21. The number of hydrogen-bond donors (Lipinski definition) is 2. The molecule has 1 amide bonds. The minimum Gasteiger partial charge on any atom is -0.476 e. The molecule has 1 atom stereocenters. The lowest BCUT2D eigenvalue weighted by molar-refractivity contribution is -0.137. The van der Waals surface area contributed by atoms with Crippen LogP contribution in [0.25, 0.3) is 22.6 Å². The van der Waals surface area contributed by atoms with Crippen LogP contribution in [-0.4, -0.2) is 56.2 Å². The number of likely N-dealkylation sites (tertiary alicyclic amines) is 1. The van der Waals surface area contributed by atoms with Crippen LogP contribution in [0.1, 0.15) is 35.0 Å². The summed E-state index contributed by atoms with van der Waals surface area (Å²) in [5.41, 5.74) is -0.754. The lowest BCUT2D eigenvalue weighted by Crippen LogP contribution is -2.37. The van der Waals surface area contributed by atoms with Crippen molar-refractivity contribution in [2.24, 2.45) is 0 Å². The summed E-state index contributed by atoms with van der Waals surface area (Å²) in [6, 6.07) is 9.41. The predicted octanol–water partition coefficient (Wildman–Crippen LogP) is 3.29. The number of aromatic carboxylic acids is 1. The molecule has 0 spiro atoms. The fourth-order valence-corrected chi connectivity index (χ4v) is 3.94.